The van der Waals surface area contributed by atoms with E-state index < -0.39 is 0 Å². The molecule has 0 atom stereocenters. The molecule has 56 heavy (non-hydrogen) atoms. The topological polar surface area (TPSA) is 3.24 Å². The molecule has 0 saturated heterocycles. The second-order valence-electron chi connectivity index (χ2n) is 18.1. The molecule has 0 amide bonds. The van der Waals surface area contributed by atoms with E-state index in [1.807, 2.05) is 0 Å². The van der Waals surface area contributed by atoms with E-state index in [1.54, 1.807) is 11.1 Å². The van der Waals surface area contributed by atoms with Crippen molar-refractivity contribution in [2.24, 2.45) is 23.7 Å². The smallest absolute Gasteiger partial charge is 0.0540 e. The summed E-state index contributed by atoms with van der Waals surface area (Å²) in [6.45, 7) is 4.75. The Morgan fingerprint density at radius 3 is 1.66 bits per heavy atom. The molecule has 7 aromatic carbocycles. The lowest BCUT2D eigenvalue weighted by Gasteiger charge is -2.61. The van der Waals surface area contributed by atoms with E-state index in [1.165, 1.54) is 99.1 Å². The standard InChI is InChI=1S/C55H47N/c1-54(2)49-17-9-6-15-45(49)47-27-25-43(34-51(47)54)56(53-19-11-8-14-44(53)38-12-4-3-5-13-38)42-23-20-37(21-24-42)39-22-26-48-46-16-7-10-18-50(46)55(52(48)33-39)40-29-35-28-36(31-40)32-41(55)30-35/h3-27,33-36,40-41H,28-32H2,1-2H3. The van der Waals surface area contributed by atoms with Crippen LogP contribution in [0.25, 0.3) is 44.5 Å². The summed E-state index contributed by atoms with van der Waals surface area (Å²) in [7, 11) is 0. The Morgan fingerprint density at radius 1 is 0.393 bits per heavy atom. The number of anilines is 3. The van der Waals surface area contributed by atoms with Crippen molar-refractivity contribution >= 4 is 17.1 Å². The van der Waals surface area contributed by atoms with Gasteiger partial charge in [-0.05, 0) is 153 Å². The van der Waals surface area contributed by atoms with Crippen LogP contribution in [-0.2, 0) is 10.8 Å². The molecule has 1 heteroatoms. The second kappa shape index (κ2) is 11.9. The van der Waals surface area contributed by atoms with E-state index in [9.17, 15) is 0 Å². The molecule has 0 radical (unpaired) electrons. The van der Waals surface area contributed by atoms with Crippen LogP contribution in [0.1, 0.15) is 68.2 Å². The molecule has 6 aliphatic carbocycles. The van der Waals surface area contributed by atoms with Gasteiger partial charge in [0.2, 0.25) is 0 Å². The normalized spacial score (nSPS) is 24.1. The van der Waals surface area contributed by atoms with Gasteiger partial charge in [0.15, 0.2) is 0 Å². The maximum absolute atomic E-state index is 2.62. The number of benzene rings is 7. The Morgan fingerprint density at radius 2 is 0.929 bits per heavy atom. The fourth-order valence-corrected chi connectivity index (χ4v) is 12.9. The molecule has 13 rings (SSSR count). The predicted molar refractivity (Wildman–Crippen MR) is 233 cm³/mol. The molecule has 0 aromatic heterocycles. The summed E-state index contributed by atoms with van der Waals surface area (Å²) < 4.78 is 0. The van der Waals surface area contributed by atoms with Crippen LogP contribution in [0.2, 0.25) is 0 Å². The van der Waals surface area contributed by atoms with Crippen molar-refractivity contribution in [2.75, 3.05) is 4.90 Å². The highest BCUT2D eigenvalue weighted by atomic mass is 15.1. The van der Waals surface area contributed by atoms with Gasteiger partial charge >= 0.3 is 0 Å². The highest BCUT2D eigenvalue weighted by Crippen LogP contribution is 2.69. The SMILES string of the molecule is CC1(C)c2ccccc2-c2ccc(N(c3ccc(-c4ccc5c(c4)C4(c6ccccc6-5)C5CC6CC(C5)CC4C6)cc3)c3ccccc3-c3ccccc3)cc21. The Bertz CT molecular complexity index is 2650. The molecule has 1 spiro atoms. The van der Waals surface area contributed by atoms with Crippen LogP contribution in [0.4, 0.5) is 17.1 Å². The lowest BCUT2D eigenvalue weighted by molar-refractivity contribution is -0.0399. The predicted octanol–water partition coefficient (Wildman–Crippen LogP) is 14.5. The van der Waals surface area contributed by atoms with Gasteiger partial charge in [-0.1, -0.05) is 141 Å². The van der Waals surface area contributed by atoms with Crippen LogP contribution in [0, 0.1) is 23.7 Å². The molecule has 272 valence electrons. The summed E-state index contributed by atoms with van der Waals surface area (Å²) in [4.78, 5) is 2.48. The minimum Gasteiger partial charge on any atom is -0.310 e. The van der Waals surface area contributed by atoms with Crippen LogP contribution in [0.5, 0.6) is 0 Å². The fourth-order valence-electron chi connectivity index (χ4n) is 12.9. The van der Waals surface area contributed by atoms with E-state index in [2.05, 4.69) is 183 Å². The number of fused-ring (bicyclic) bond motifs is 6. The summed E-state index contributed by atoms with van der Waals surface area (Å²) >= 11 is 0. The first kappa shape index (κ1) is 32.6. The number of hydrogen-bond donors (Lipinski definition) is 0. The average Bonchev–Trinajstić information content (AvgIpc) is 3.66. The van der Waals surface area contributed by atoms with Crippen molar-refractivity contribution in [2.45, 2.75) is 56.8 Å². The van der Waals surface area contributed by atoms with Gasteiger partial charge in [0.05, 0.1) is 5.69 Å². The lowest BCUT2D eigenvalue weighted by atomic mass is 9.43. The molecule has 0 heterocycles. The van der Waals surface area contributed by atoms with Crippen LogP contribution >= 0.6 is 0 Å². The summed E-state index contributed by atoms with van der Waals surface area (Å²) in [5, 5.41) is 0. The first-order valence-corrected chi connectivity index (χ1v) is 21.0. The van der Waals surface area contributed by atoms with E-state index in [4.69, 9.17) is 0 Å². The van der Waals surface area contributed by atoms with E-state index >= 15 is 0 Å². The van der Waals surface area contributed by atoms with Gasteiger partial charge < -0.3 is 4.90 Å². The molecule has 7 aromatic rings. The monoisotopic (exact) mass is 721 g/mol. The third kappa shape index (κ3) is 4.49. The van der Waals surface area contributed by atoms with Gasteiger partial charge in [0.1, 0.15) is 0 Å². The Kier molecular flexibility index (Phi) is 6.93. The van der Waals surface area contributed by atoms with Gasteiger partial charge in [-0.2, -0.15) is 0 Å². The zero-order valence-electron chi connectivity index (χ0n) is 32.4. The first-order chi connectivity index (χ1) is 27.5. The fraction of sp³-hybridized carbons (Fsp3) is 0.236. The average molecular weight is 722 g/mol. The van der Waals surface area contributed by atoms with E-state index in [-0.39, 0.29) is 10.8 Å². The molecular weight excluding hydrogens is 675 g/mol. The molecule has 4 saturated carbocycles. The molecule has 1 nitrogen and oxygen atoms in total. The molecule has 0 N–H and O–H groups in total. The quantitative estimate of drug-likeness (QED) is 0.171. The van der Waals surface area contributed by atoms with Gasteiger partial charge in [0, 0.05) is 27.8 Å². The van der Waals surface area contributed by atoms with Gasteiger partial charge in [0.25, 0.3) is 0 Å². The second-order valence-corrected chi connectivity index (χ2v) is 18.1. The molecular formula is C55H47N. The lowest BCUT2D eigenvalue weighted by Crippen LogP contribution is -2.55. The molecule has 0 aliphatic heterocycles. The number of para-hydroxylation sites is 1. The summed E-state index contributed by atoms with van der Waals surface area (Å²) in [5.41, 5.74) is 20.4. The first-order valence-electron chi connectivity index (χ1n) is 21.0. The van der Waals surface area contributed by atoms with Crippen molar-refractivity contribution < 1.29 is 0 Å². The maximum atomic E-state index is 2.62. The van der Waals surface area contributed by atoms with Crippen molar-refractivity contribution in [3.8, 4) is 44.5 Å². The van der Waals surface area contributed by atoms with E-state index in [0.717, 1.165) is 29.4 Å². The van der Waals surface area contributed by atoms with Gasteiger partial charge in [-0.15, -0.1) is 0 Å². The maximum Gasteiger partial charge on any atom is 0.0540 e. The van der Waals surface area contributed by atoms with Crippen LogP contribution in [0.3, 0.4) is 0 Å². The summed E-state index contributed by atoms with van der Waals surface area (Å²) in [6, 6.07) is 62.2. The van der Waals surface area contributed by atoms with Crippen molar-refractivity contribution in [1.29, 1.82) is 0 Å². The number of hydrogen-bond acceptors (Lipinski definition) is 1. The summed E-state index contributed by atoms with van der Waals surface area (Å²) in [5.74, 6) is 3.42. The molecule has 6 aliphatic rings. The van der Waals surface area contributed by atoms with E-state index in [0.29, 0.717) is 0 Å². The zero-order chi connectivity index (χ0) is 37.2. The minimum atomic E-state index is -0.0851. The van der Waals surface area contributed by atoms with Crippen LogP contribution in [0.15, 0.2) is 164 Å². The van der Waals surface area contributed by atoms with Crippen molar-refractivity contribution in [1.82, 2.24) is 0 Å². The Hall–Kier alpha value is -5.66. The Labute approximate surface area is 331 Å². The number of nitrogens with zero attached hydrogens (tertiary/aromatic N) is 1. The number of rotatable bonds is 5. The minimum absolute atomic E-state index is 0.0851. The molecule has 4 bridgehead atoms. The van der Waals surface area contributed by atoms with Gasteiger partial charge in [-0.3, -0.25) is 0 Å². The third-order valence-electron chi connectivity index (χ3n) is 15.1. The third-order valence-corrected chi connectivity index (χ3v) is 15.1. The van der Waals surface area contributed by atoms with Crippen molar-refractivity contribution in [3.63, 3.8) is 0 Å². The summed E-state index contributed by atoms with van der Waals surface area (Å²) in [6.07, 6.45) is 7.11. The highest BCUT2D eigenvalue weighted by Gasteiger charge is 2.61. The zero-order valence-corrected chi connectivity index (χ0v) is 32.4. The van der Waals surface area contributed by atoms with Crippen LogP contribution in [-0.4, -0.2) is 0 Å². The van der Waals surface area contributed by atoms with Crippen LogP contribution < -0.4 is 4.90 Å². The molecule has 0 unspecified atom stereocenters. The molecule has 4 fully saturated rings. The largest absolute Gasteiger partial charge is 0.310 e. The Balaban J connectivity index is 0.982. The van der Waals surface area contributed by atoms with Gasteiger partial charge in [-0.25, -0.2) is 0 Å². The van der Waals surface area contributed by atoms with Crippen molar-refractivity contribution in [3.05, 3.63) is 186 Å². The highest BCUT2D eigenvalue weighted by molar-refractivity contribution is 5.91.